The van der Waals surface area contributed by atoms with Gasteiger partial charge in [-0.15, -0.1) is 0 Å². The van der Waals surface area contributed by atoms with Gasteiger partial charge in [-0.1, -0.05) is 6.07 Å². The van der Waals surface area contributed by atoms with E-state index in [1.165, 1.54) is 6.07 Å². The fourth-order valence-electron chi connectivity index (χ4n) is 2.17. The third-order valence-corrected chi connectivity index (χ3v) is 3.41. The number of carbonyl (C=O) groups excluding carboxylic acids is 1. The Hall–Kier alpha value is -2.49. The molecular weight excluding hydrogens is 264 g/mol. The predicted molar refractivity (Wildman–Crippen MR) is 86.3 cm³/mol. The van der Waals surface area contributed by atoms with Crippen LogP contribution in [0.2, 0.25) is 0 Å². The highest BCUT2D eigenvalue weighted by atomic mass is 16.3. The Morgan fingerprint density at radius 1 is 1.05 bits per heavy atom. The van der Waals surface area contributed by atoms with Gasteiger partial charge in [-0.2, -0.15) is 0 Å². The van der Waals surface area contributed by atoms with Crippen molar-refractivity contribution in [2.24, 2.45) is 0 Å². The molecule has 0 heterocycles. The topological polar surface area (TPSA) is 52.6 Å². The first kappa shape index (κ1) is 14.9. The minimum absolute atomic E-state index is 0.188. The predicted octanol–water partition coefficient (Wildman–Crippen LogP) is 3.33. The van der Waals surface area contributed by atoms with Crippen LogP contribution in [0.1, 0.15) is 21.5 Å². The number of aromatic hydroxyl groups is 1. The SMILES string of the molecule is Cc1cc(C(=O)Nc2ccc(C)c(N(C)C)c2)ccc1O. The molecule has 0 aromatic heterocycles. The zero-order valence-corrected chi connectivity index (χ0v) is 12.8. The van der Waals surface area contributed by atoms with E-state index in [0.29, 0.717) is 11.1 Å². The van der Waals surface area contributed by atoms with E-state index < -0.39 is 0 Å². The van der Waals surface area contributed by atoms with Gasteiger partial charge in [-0.25, -0.2) is 0 Å². The monoisotopic (exact) mass is 284 g/mol. The average molecular weight is 284 g/mol. The lowest BCUT2D eigenvalue weighted by Gasteiger charge is -2.17. The largest absolute Gasteiger partial charge is 0.508 e. The average Bonchev–Trinajstić information content (AvgIpc) is 2.43. The van der Waals surface area contributed by atoms with Crippen molar-refractivity contribution >= 4 is 17.3 Å². The van der Waals surface area contributed by atoms with Gasteiger partial charge in [0.15, 0.2) is 0 Å². The van der Waals surface area contributed by atoms with Crippen molar-refractivity contribution in [3.05, 3.63) is 53.1 Å². The van der Waals surface area contributed by atoms with Crippen LogP contribution in [0.25, 0.3) is 0 Å². The summed E-state index contributed by atoms with van der Waals surface area (Å²) >= 11 is 0. The summed E-state index contributed by atoms with van der Waals surface area (Å²) in [6.45, 7) is 3.80. The third kappa shape index (κ3) is 3.34. The lowest BCUT2D eigenvalue weighted by atomic mass is 10.1. The van der Waals surface area contributed by atoms with E-state index in [2.05, 4.69) is 5.32 Å². The van der Waals surface area contributed by atoms with Gasteiger partial charge < -0.3 is 15.3 Å². The van der Waals surface area contributed by atoms with Gasteiger partial charge in [0.25, 0.3) is 5.91 Å². The standard InChI is InChI=1S/C17H20N2O2/c1-11-5-7-14(10-15(11)19(3)4)18-17(21)13-6-8-16(20)12(2)9-13/h5-10,20H,1-4H3,(H,18,21). The third-order valence-electron chi connectivity index (χ3n) is 3.41. The maximum absolute atomic E-state index is 12.2. The van der Waals surface area contributed by atoms with Crippen LogP contribution < -0.4 is 10.2 Å². The van der Waals surface area contributed by atoms with Gasteiger partial charge in [0.05, 0.1) is 0 Å². The van der Waals surface area contributed by atoms with E-state index in [9.17, 15) is 9.90 Å². The van der Waals surface area contributed by atoms with E-state index in [0.717, 1.165) is 16.9 Å². The molecular formula is C17H20N2O2. The summed E-state index contributed by atoms with van der Waals surface area (Å²) in [7, 11) is 3.94. The summed E-state index contributed by atoms with van der Waals surface area (Å²) in [5.74, 6) is 0.00318. The highest BCUT2D eigenvalue weighted by Gasteiger charge is 2.09. The van der Waals surface area contributed by atoms with Crippen LogP contribution in [-0.2, 0) is 0 Å². The number of hydrogen-bond donors (Lipinski definition) is 2. The van der Waals surface area contributed by atoms with Gasteiger partial charge in [-0.05, 0) is 55.3 Å². The molecule has 4 heteroatoms. The van der Waals surface area contributed by atoms with Gasteiger partial charge >= 0.3 is 0 Å². The summed E-state index contributed by atoms with van der Waals surface area (Å²) in [5, 5.41) is 12.4. The highest BCUT2D eigenvalue weighted by molar-refractivity contribution is 6.04. The first-order valence-electron chi connectivity index (χ1n) is 6.77. The zero-order chi connectivity index (χ0) is 15.6. The molecule has 0 atom stereocenters. The van der Waals surface area contributed by atoms with Crippen molar-refractivity contribution in [2.75, 3.05) is 24.3 Å². The molecule has 0 aliphatic heterocycles. The molecule has 0 radical (unpaired) electrons. The number of benzene rings is 2. The summed E-state index contributed by atoms with van der Waals surface area (Å²) in [6.07, 6.45) is 0. The smallest absolute Gasteiger partial charge is 0.255 e. The molecule has 0 spiro atoms. The maximum Gasteiger partial charge on any atom is 0.255 e. The minimum atomic E-state index is -0.188. The van der Waals surface area contributed by atoms with E-state index in [-0.39, 0.29) is 11.7 Å². The molecule has 110 valence electrons. The molecule has 0 fully saturated rings. The normalized spacial score (nSPS) is 10.3. The first-order chi connectivity index (χ1) is 9.88. The summed E-state index contributed by atoms with van der Waals surface area (Å²) in [6, 6.07) is 10.6. The number of phenolic OH excluding ortho intramolecular Hbond substituents is 1. The maximum atomic E-state index is 12.2. The van der Waals surface area contributed by atoms with Gasteiger partial charge in [0.2, 0.25) is 0 Å². The number of aryl methyl sites for hydroxylation is 2. The molecule has 0 unspecified atom stereocenters. The number of anilines is 2. The Kier molecular flexibility index (Phi) is 4.17. The van der Waals surface area contributed by atoms with Crippen LogP contribution in [0, 0.1) is 13.8 Å². The van der Waals surface area contributed by atoms with Gasteiger partial charge in [0.1, 0.15) is 5.75 Å². The Morgan fingerprint density at radius 2 is 1.76 bits per heavy atom. The number of carbonyl (C=O) groups is 1. The molecule has 0 saturated carbocycles. The molecule has 0 aliphatic rings. The molecule has 0 aliphatic carbocycles. The number of hydrogen-bond acceptors (Lipinski definition) is 3. The lowest BCUT2D eigenvalue weighted by Crippen LogP contribution is -2.14. The highest BCUT2D eigenvalue weighted by Crippen LogP contribution is 2.23. The van der Waals surface area contributed by atoms with Gasteiger partial charge in [0, 0.05) is 31.0 Å². The number of nitrogens with zero attached hydrogens (tertiary/aromatic N) is 1. The van der Waals surface area contributed by atoms with Crippen LogP contribution in [-0.4, -0.2) is 25.1 Å². The van der Waals surface area contributed by atoms with Crippen LogP contribution >= 0.6 is 0 Å². The second kappa shape index (κ2) is 5.87. The van der Waals surface area contributed by atoms with Crippen LogP contribution in [0.5, 0.6) is 5.75 Å². The first-order valence-corrected chi connectivity index (χ1v) is 6.77. The summed E-state index contributed by atoms with van der Waals surface area (Å²) < 4.78 is 0. The van der Waals surface area contributed by atoms with Crippen molar-refractivity contribution in [3.8, 4) is 5.75 Å². The van der Waals surface area contributed by atoms with E-state index in [4.69, 9.17) is 0 Å². The number of amides is 1. The summed E-state index contributed by atoms with van der Waals surface area (Å²) in [5.41, 5.74) is 4.17. The Morgan fingerprint density at radius 3 is 2.38 bits per heavy atom. The van der Waals surface area contributed by atoms with Crippen LogP contribution in [0.3, 0.4) is 0 Å². The number of nitrogens with one attached hydrogen (secondary N) is 1. The molecule has 1 amide bonds. The van der Waals surface area contributed by atoms with E-state index in [1.54, 1.807) is 19.1 Å². The zero-order valence-electron chi connectivity index (χ0n) is 12.8. The number of rotatable bonds is 3. The summed E-state index contributed by atoms with van der Waals surface area (Å²) in [4.78, 5) is 14.2. The van der Waals surface area contributed by atoms with E-state index in [1.807, 2.05) is 44.1 Å². The Labute approximate surface area is 125 Å². The van der Waals surface area contributed by atoms with Crippen molar-refractivity contribution in [2.45, 2.75) is 13.8 Å². The van der Waals surface area contributed by atoms with Crippen LogP contribution in [0.15, 0.2) is 36.4 Å². The second-order valence-electron chi connectivity index (χ2n) is 5.35. The van der Waals surface area contributed by atoms with Crippen LogP contribution in [0.4, 0.5) is 11.4 Å². The minimum Gasteiger partial charge on any atom is -0.508 e. The van der Waals surface area contributed by atoms with Crippen molar-refractivity contribution in [1.82, 2.24) is 0 Å². The van der Waals surface area contributed by atoms with Crippen molar-refractivity contribution in [3.63, 3.8) is 0 Å². The molecule has 21 heavy (non-hydrogen) atoms. The fourth-order valence-corrected chi connectivity index (χ4v) is 2.17. The molecule has 2 rings (SSSR count). The molecule has 2 N–H and O–H groups in total. The fraction of sp³-hybridized carbons (Fsp3) is 0.235. The molecule has 2 aromatic carbocycles. The van der Waals surface area contributed by atoms with Crippen molar-refractivity contribution < 1.29 is 9.90 Å². The van der Waals surface area contributed by atoms with E-state index >= 15 is 0 Å². The lowest BCUT2D eigenvalue weighted by molar-refractivity contribution is 0.102. The second-order valence-corrected chi connectivity index (χ2v) is 5.35. The molecule has 4 nitrogen and oxygen atoms in total. The van der Waals surface area contributed by atoms with Crippen molar-refractivity contribution in [1.29, 1.82) is 0 Å². The molecule has 0 saturated heterocycles. The molecule has 2 aromatic rings. The van der Waals surface area contributed by atoms with Gasteiger partial charge in [-0.3, -0.25) is 4.79 Å². The quantitative estimate of drug-likeness (QED) is 0.909. The molecule has 0 bridgehead atoms. The Balaban J connectivity index is 2.23. The number of phenols is 1. The Bertz CT molecular complexity index is 678.